The van der Waals surface area contributed by atoms with Gasteiger partial charge in [-0.25, -0.2) is 0 Å². The molecule has 0 bridgehead atoms. The minimum atomic E-state index is 0.289. The molecule has 0 amide bonds. The average Bonchev–Trinajstić information content (AvgIpc) is 2.50. The Labute approximate surface area is 128 Å². The van der Waals surface area contributed by atoms with Gasteiger partial charge >= 0.3 is 0 Å². The zero-order valence-electron chi connectivity index (χ0n) is 13.5. The van der Waals surface area contributed by atoms with Crippen LogP contribution in [0.1, 0.15) is 36.9 Å². The standard InChI is InChI=1S/C17H28N2O2/c1-4-21-15-7-9-19(10-8-15)16(12-18)14-5-6-17(20-3)13(2)11-14/h5-6,11,15-16H,4,7-10,12,18H2,1-3H3. The van der Waals surface area contributed by atoms with E-state index >= 15 is 0 Å². The Bertz CT molecular complexity index is 442. The van der Waals surface area contributed by atoms with E-state index in [1.165, 1.54) is 5.56 Å². The van der Waals surface area contributed by atoms with Gasteiger partial charge in [-0.3, -0.25) is 4.90 Å². The van der Waals surface area contributed by atoms with Crippen LogP contribution >= 0.6 is 0 Å². The van der Waals surface area contributed by atoms with Gasteiger partial charge < -0.3 is 15.2 Å². The van der Waals surface area contributed by atoms with Crippen molar-refractivity contribution in [3.8, 4) is 5.75 Å². The summed E-state index contributed by atoms with van der Waals surface area (Å²) in [7, 11) is 1.71. The Hall–Kier alpha value is -1.10. The first-order valence-corrected chi connectivity index (χ1v) is 7.89. The molecule has 21 heavy (non-hydrogen) atoms. The van der Waals surface area contributed by atoms with Gasteiger partial charge in [-0.05, 0) is 43.9 Å². The third-order valence-corrected chi connectivity index (χ3v) is 4.35. The average molecular weight is 292 g/mol. The zero-order valence-corrected chi connectivity index (χ0v) is 13.5. The second-order valence-electron chi connectivity index (χ2n) is 5.67. The fourth-order valence-electron chi connectivity index (χ4n) is 3.19. The highest BCUT2D eigenvalue weighted by Crippen LogP contribution is 2.28. The van der Waals surface area contributed by atoms with Gasteiger partial charge in [0.15, 0.2) is 0 Å². The molecule has 0 aromatic heterocycles. The highest BCUT2D eigenvalue weighted by atomic mass is 16.5. The summed E-state index contributed by atoms with van der Waals surface area (Å²) in [4.78, 5) is 2.48. The summed E-state index contributed by atoms with van der Waals surface area (Å²) < 4.78 is 11.1. The van der Waals surface area contributed by atoms with Crippen molar-refractivity contribution in [2.45, 2.75) is 38.8 Å². The smallest absolute Gasteiger partial charge is 0.121 e. The molecule has 1 saturated heterocycles. The number of rotatable bonds is 6. The maximum absolute atomic E-state index is 6.05. The summed E-state index contributed by atoms with van der Waals surface area (Å²) in [5, 5.41) is 0. The van der Waals surface area contributed by atoms with Crippen LogP contribution in [0.3, 0.4) is 0 Å². The molecule has 1 atom stereocenters. The molecule has 1 aromatic carbocycles. The molecule has 0 saturated carbocycles. The maximum atomic E-state index is 6.05. The number of nitrogens with two attached hydrogens (primary N) is 1. The predicted molar refractivity (Wildman–Crippen MR) is 85.7 cm³/mol. The van der Waals surface area contributed by atoms with Gasteiger partial charge in [0.1, 0.15) is 5.75 Å². The summed E-state index contributed by atoms with van der Waals surface area (Å²) in [5.74, 6) is 0.935. The van der Waals surface area contributed by atoms with Gasteiger partial charge in [-0.2, -0.15) is 0 Å². The minimum absolute atomic E-state index is 0.289. The van der Waals surface area contributed by atoms with Crippen LogP contribution in [0.15, 0.2) is 18.2 Å². The summed E-state index contributed by atoms with van der Waals surface area (Å²) in [6, 6.07) is 6.67. The Balaban J connectivity index is 2.05. The van der Waals surface area contributed by atoms with Crippen molar-refractivity contribution in [3.63, 3.8) is 0 Å². The van der Waals surface area contributed by atoms with Crippen LogP contribution in [0.25, 0.3) is 0 Å². The second-order valence-corrected chi connectivity index (χ2v) is 5.67. The van der Waals surface area contributed by atoms with Crippen molar-refractivity contribution in [2.24, 2.45) is 5.73 Å². The van der Waals surface area contributed by atoms with Crippen LogP contribution in [-0.4, -0.2) is 44.4 Å². The van der Waals surface area contributed by atoms with Crippen LogP contribution in [0.2, 0.25) is 0 Å². The van der Waals surface area contributed by atoms with E-state index in [2.05, 4.69) is 30.9 Å². The van der Waals surface area contributed by atoms with Crippen LogP contribution < -0.4 is 10.5 Å². The summed E-state index contributed by atoms with van der Waals surface area (Å²) in [6.07, 6.45) is 2.61. The summed E-state index contributed by atoms with van der Waals surface area (Å²) >= 11 is 0. The zero-order chi connectivity index (χ0) is 15.2. The van der Waals surface area contributed by atoms with Crippen molar-refractivity contribution in [1.82, 2.24) is 4.90 Å². The molecule has 0 radical (unpaired) electrons. The lowest BCUT2D eigenvalue weighted by Crippen LogP contribution is -2.41. The first-order chi connectivity index (χ1) is 10.2. The Morgan fingerprint density at radius 2 is 2.05 bits per heavy atom. The molecule has 118 valence electrons. The number of nitrogens with zero attached hydrogens (tertiary/aromatic N) is 1. The van der Waals surface area contributed by atoms with Gasteiger partial charge in [0.25, 0.3) is 0 Å². The van der Waals surface area contributed by atoms with Crippen molar-refractivity contribution in [1.29, 1.82) is 0 Å². The highest BCUT2D eigenvalue weighted by molar-refractivity contribution is 5.37. The van der Waals surface area contributed by atoms with Crippen LogP contribution in [0.4, 0.5) is 0 Å². The molecule has 0 aliphatic carbocycles. The third-order valence-electron chi connectivity index (χ3n) is 4.35. The number of benzene rings is 1. The van der Waals surface area contributed by atoms with Gasteiger partial charge in [0.05, 0.1) is 13.2 Å². The minimum Gasteiger partial charge on any atom is -0.496 e. The lowest BCUT2D eigenvalue weighted by Gasteiger charge is -2.37. The highest BCUT2D eigenvalue weighted by Gasteiger charge is 2.25. The molecule has 2 rings (SSSR count). The van der Waals surface area contributed by atoms with Gasteiger partial charge in [0, 0.05) is 32.3 Å². The third kappa shape index (κ3) is 3.96. The molecular formula is C17H28N2O2. The first kappa shape index (κ1) is 16.3. The Kier molecular flexibility index (Phi) is 6.03. The van der Waals surface area contributed by atoms with Crippen LogP contribution in [0, 0.1) is 6.92 Å². The van der Waals surface area contributed by atoms with E-state index < -0.39 is 0 Å². The summed E-state index contributed by atoms with van der Waals surface area (Å²) in [5.41, 5.74) is 8.49. The number of aryl methyl sites for hydroxylation is 1. The molecule has 1 aliphatic rings. The van der Waals surface area contributed by atoms with E-state index in [1.54, 1.807) is 7.11 Å². The van der Waals surface area contributed by atoms with Crippen LogP contribution in [0.5, 0.6) is 5.75 Å². The van der Waals surface area contributed by atoms with Gasteiger partial charge in [-0.15, -0.1) is 0 Å². The molecule has 4 heteroatoms. The molecule has 1 heterocycles. The molecule has 2 N–H and O–H groups in total. The number of hydrogen-bond donors (Lipinski definition) is 1. The van der Waals surface area contributed by atoms with Crippen LogP contribution in [-0.2, 0) is 4.74 Å². The number of methoxy groups -OCH3 is 1. The topological polar surface area (TPSA) is 47.7 Å². The maximum Gasteiger partial charge on any atom is 0.121 e. The van der Waals surface area contributed by atoms with Gasteiger partial charge in [0.2, 0.25) is 0 Å². The van der Waals surface area contributed by atoms with E-state index in [-0.39, 0.29) is 6.04 Å². The Morgan fingerprint density at radius 3 is 2.57 bits per heavy atom. The van der Waals surface area contributed by atoms with E-state index in [9.17, 15) is 0 Å². The molecule has 4 nitrogen and oxygen atoms in total. The van der Waals surface area contributed by atoms with Gasteiger partial charge in [-0.1, -0.05) is 12.1 Å². The van der Waals surface area contributed by atoms with E-state index in [1.807, 2.05) is 6.07 Å². The normalized spacial score (nSPS) is 18.7. The number of likely N-dealkylation sites (tertiary alicyclic amines) is 1. The summed E-state index contributed by atoms with van der Waals surface area (Å²) in [6.45, 7) is 7.70. The SMILES string of the molecule is CCOC1CCN(C(CN)c2ccc(OC)c(C)c2)CC1. The Morgan fingerprint density at radius 1 is 1.33 bits per heavy atom. The van der Waals surface area contributed by atoms with Crippen molar-refractivity contribution >= 4 is 0 Å². The number of ether oxygens (including phenoxy) is 2. The number of piperidine rings is 1. The molecular weight excluding hydrogens is 264 g/mol. The second kappa shape index (κ2) is 7.78. The molecule has 1 aliphatic heterocycles. The van der Waals surface area contributed by atoms with E-state index in [0.717, 1.165) is 43.9 Å². The fourth-order valence-corrected chi connectivity index (χ4v) is 3.19. The monoisotopic (exact) mass is 292 g/mol. The largest absolute Gasteiger partial charge is 0.496 e. The van der Waals surface area contributed by atoms with Crippen molar-refractivity contribution in [2.75, 3.05) is 33.4 Å². The predicted octanol–water partition coefficient (Wildman–Crippen LogP) is 2.50. The molecule has 1 aromatic rings. The fraction of sp³-hybridized carbons (Fsp3) is 0.647. The molecule has 1 unspecified atom stereocenters. The van der Waals surface area contributed by atoms with Crippen molar-refractivity contribution < 1.29 is 9.47 Å². The quantitative estimate of drug-likeness (QED) is 0.875. The van der Waals surface area contributed by atoms with E-state index in [4.69, 9.17) is 15.2 Å². The lowest BCUT2D eigenvalue weighted by molar-refractivity contribution is 0.00451. The van der Waals surface area contributed by atoms with E-state index in [0.29, 0.717) is 12.6 Å². The van der Waals surface area contributed by atoms with Crippen molar-refractivity contribution in [3.05, 3.63) is 29.3 Å². The molecule has 0 spiro atoms. The first-order valence-electron chi connectivity index (χ1n) is 7.89. The lowest BCUT2D eigenvalue weighted by atomic mass is 9.99. The molecule has 1 fully saturated rings. The number of hydrogen-bond acceptors (Lipinski definition) is 4.